The molecule has 106 valence electrons. The molecule has 1 N–H and O–H groups in total. The maximum Gasteiger partial charge on any atom is 0.326 e. The van der Waals surface area contributed by atoms with Crippen LogP contribution in [0.15, 0.2) is 35.2 Å². The normalized spacial score (nSPS) is 13.8. The van der Waals surface area contributed by atoms with E-state index in [1.54, 1.807) is 11.8 Å². The molecule has 0 aliphatic rings. The van der Waals surface area contributed by atoms with E-state index in [2.05, 4.69) is 24.4 Å². The maximum absolute atomic E-state index is 12.1. The third kappa shape index (κ3) is 5.25. The van der Waals surface area contributed by atoms with E-state index in [9.17, 15) is 4.79 Å². The first-order valence-electron chi connectivity index (χ1n) is 6.72. The van der Waals surface area contributed by atoms with E-state index in [1.807, 2.05) is 32.0 Å². The molecule has 1 rings (SSSR count). The smallest absolute Gasteiger partial charge is 0.326 e. The minimum absolute atomic E-state index is 0.174. The summed E-state index contributed by atoms with van der Waals surface area (Å²) in [6.07, 6.45) is 0.991. The molecule has 4 heteroatoms. The molecule has 0 spiro atoms. The van der Waals surface area contributed by atoms with Crippen LogP contribution in [0.4, 0.5) is 0 Å². The van der Waals surface area contributed by atoms with Crippen molar-refractivity contribution in [3.8, 4) is 0 Å². The van der Waals surface area contributed by atoms with E-state index in [0.29, 0.717) is 12.4 Å². The number of nitrogens with one attached hydrogen (secondary N) is 1. The molecule has 1 aromatic rings. The van der Waals surface area contributed by atoms with Gasteiger partial charge in [0.1, 0.15) is 5.54 Å². The van der Waals surface area contributed by atoms with Crippen molar-refractivity contribution in [1.29, 1.82) is 0 Å². The summed E-state index contributed by atoms with van der Waals surface area (Å²) >= 11 is 1.67. The number of carbonyl (C=O) groups excluding carboxylic acids is 1. The monoisotopic (exact) mass is 281 g/mol. The number of hydrogen-bond donors (Lipinski definition) is 1. The molecule has 0 fully saturated rings. The van der Waals surface area contributed by atoms with Crippen LogP contribution in [0.3, 0.4) is 0 Å². The Morgan fingerprint density at radius 1 is 1.32 bits per heavy atom. The van der Waals surface area contributed by atoms with Crippen LogP contribution in [0.25, 0.3) is 0 Å². The summed E-state index contributed by atoms with van der Waals surface area (Å²) in [5, 5.41) is 3.31. The molecule has 1 atom stereocenters. The van der Waals surface area contributed by atoms with Crippen molar-refractivity contribution in [3.63, 3.8) is 0 Å². The van der Waals surface area contributed by atoms with Gasteiger partial charge in [0.15, 0.2) is 0 Å². The molecule has 3 nitrogen and oxygen atoms in total. The van der Waals surface area contributed by atoms with E-state index in [1.165, 1.54) is 0 Å². The Hall–Kier alpha value is -1.00. The van der Waals surface area contributed by atoms with Gasteiger partial charge in [-0.05, 0) is 38.9 Å². The second-order valence-electron chi connectivity index (χ2n) is 4.58. The molecule has 19 heavy (non-hydrogen) atoms. The average Bonchev–Trinajstić information content (AvgIpc) is 2.44. The molecule has 1 aromatic carbocycles. The lowest BCUT2D eigenvalue weighted by Gasteiger charge is -2.28. The van der Waals surface area contributed by atoms with Crippen molar-refractivity contribution in [3.05, 3.63) is 30.3 Å². The number of ether oxygens (including phenoxy) is 1. The molecular weight excluding hydrogens is 258 g/mol. The molecule has 1 unspecified atom stereocenters. The number of thioether (sulfide) groups is 1. The van der Waals surface area contributed by atoms with Gasteiger partial charge in [0.2, 0.25) is 0 Å². The third-order valence-corrected chi connectivity index (χ3v) is 4.09. The third-order valence-electron chi connectivity index (χ3n) is 2.76. The summed E-state index contributed by atoms with van der Waals surface area (Å²) in [7, 11) is 0. The summed E-state index contributed by atoms with van der Waals surface area (Å²) in [5.41, 5.74) is -0.632. The van der Waals surface area contributed by atoms with Crippen LogP contribution in [0.1, 0.15) is 27.2 Å². The quantitative estimate of drug-likeness (QED) is 0.587. The standard InChI is InChI=1S/C15H23NO2S/c1-4-11-16-15(3,14(17)18-5-2)12-19-13-9-7-6-8-10-13/h6-10,16H,4-5,11-12H2,1-3H3. The predicted octanol–water partition coefficient (Wildman–Crippen LogP) is 3.10. The highest BCUT2D eigenvalue weighted by atomic mass is 32.2. The van der Waals surface area contributed by atoms with Gasteiger partial charge in [-0.1, -0.05) is 25.1 Å². The van der Waals surface area contributed by atoms with Crippen molar-refractivity contribution in [2.24, 2.45) is 0 Å². The molecule has 0 aromatic heterocycles. The highest BCUT2D eigenvalue weighted by Crippen LogP contribution is 2.23. The topological polar surface area (TPSA) is 38.3 Å². The van der Waals surface area contributed by atoms with Gasteiger partial charge in [-0.2, -0.15) is 0 Å². The largest absolute Gasteiger partial charge is 0.465 e. The lowest BCUT2D eigenvalue weighted by molar-refractivity contribution is -0.149. The summed E-state index contributed by atoms with van der Waals surface area (Å²) in [5.74, 6) is 0.488. The molecular formula is C15H23NO2S. The highest BCUT2D eigenvalue weighted by Gasteiger charge is 2.34. The van der Waals surface area contributed by atoms with Gasteiger partial charge in [-0.15, -0.1) is 11.8 Å². The SMILES string of the molecule is CCCNC(C)(CSc1ccccc1)C(=O)OCC. The zero-order valence-electron chi connectivity index (χ0n) is 11.9. The van der Waals surface area contributed by atoms with Crippen LogP contribution in [0.2, 0.25) is 0 Å². The van der Waals surface area contributed by atoms with Crippen LogP contribution in [0, 0.1) is 0 Å². The van der Waals surface area contributed by atoms with Crippen molar-refractivity contribution in [2.45, 2.75) is 37.6 Å². The van der Waals surface area contributed by atoms with Crippen molar-refractivity contribution < 1.29 is 9.53 Å². The van der Waals surface area contributed by atoms with Crippen molar-refractivity contribution in [1.82, 2.24) is 5.32 Å². The van der Waals surface area contributed by atoms with Gasteiger partial charge in [0.25, 0.3) is 0 Å². The fourth-order valence-corrected chi connectivity index (χ4v) is 2.64. The first-order valence-corrected chi connectivity index (χ1v) is 7.71. The van der Waals surface area contributed by atoms with Crippen LogP contribution < -0.4 is 5.32 Å². The maximum atomic E-state index is 12.1. The molecule has 0 heterocycles. The molecule has 0 saturated carbocycles. The van der Waals surface area contributed by atoms with Crippen LogP contribution >= 0.6 is 11.8 Å². The number of carbonyl (C=O) groups is 1. The Morgan fingerprint density at radius 3 is 2.58 bits per heavy atom. The second kappa shape index (κ2) is 8.23. The summed E-state index contributed by atoms with van der Waals surface area (Å²) in [6, 6.07) is 10.1. The van der Waals surface area contributed by atoms with E-state index < -0.39 is 5.54 Å². The molecule has 0 aliphatic heterocycles. The minimum atomic E-state index is -0.632. The van der Waals surface area contributed by atoms with Gasteiger partial charge in [-0.25, -0.2) is 0 Å². The van der Waals surface area contributed by atoms with Gasteiger partial charge in [0.05, 0.1) is 6.61 Å². The van der Waals surface area contributed by atoms with Crippen molar-refractivity contribution in [2.75, 3.05) is 18.9 Å². The molecule has 0 amide bonds. The number of rotatable bonds is 8. The highest BCUT2D eigenvalue weighted by molar-refractivity contribution is 7.99. The number of esters is 1. The lowest BCUT2D eigenvalue weighted by atomic mass is 10.1. The summed E-state index contributed by atoms with van der Waals surface area (Å²) in [4.78, 5) is 13.3. The number of benzene rings is 1. The van der Waals surface area contributed by atoms with E-state index in [4.69, 9.17) is 4.74 Å². The van der Waals surface area contributed by atoms with Crippen LogP contribution in [-0.2, 0) is 9.53 Å². The molecule has 0 bridgehead atoms. The molecule has 0 radical (unpaired) electrons. The molecule has 0 saturated heterocycles. The zero-order chi connectivity index (χ0) is 14.1. The van der Waals surface area contributed by atoms with Gasteiger partial charge < -0.3 is 10.1 Å². The van der Waals surface area contributed by atoms with Gasteiger partial charge in [0, 0.05) is 10.6 Å². The van der Waals surface area contributed by atoms with Crippen LogP contribution in [0.5, 0.6) is 0 Å². The van der Waals surface area contributed by atoms with E-state index in [0.717, 1.165) is 17.9 Å². The Balaban J connectivity index is 2.65. The summed E-state index contributed by atoms with van der Waals surface area (Å²) in [6.45, 7) is 7.06. The Bertz CT molecular complexity index is 383. The first-order chi connectivity index (χ1) is 9.12. The van der Waals surface area contributed by atoms with Crippen molar-refractivity contribution >= 4 is 17.7 Å². The van der Waals surface area contributed by atoms with E-state index >= 15 is 0 Å². The average molecular weight is 281 g/mol. The Labute approximate surface area is 120 Å². The first kappa shape index (κ1) is 16.1. The molecule has 0 aliphatic carbocycles. The van der Waals surface area contributed by atoms with Crippen LogP contribution in [-0.4, -0.2) is 30.4 Å². The zero-order valence-corrected chi connectivity index (χ0v) is 12.8. The lowest BCUT2D eigenvalue weighted by Crippen LogP contribution is -2.52. The fraction of sp³-hybridized carbons (Fsp3) is 0.533. The summed E-state index contributed by atoms with van der Waals surface area (Å²) < 4.78 is 5.18. The Morgan fingerprint density at radius 2 is 2.00 bits per heavy atom. The Kier molecular flexibility index (Phi) is 6.95. The van der Waals surface area contributed by atoms with Gasteiger partial charge >= 0.3 is 5.97 Å². The minimum Gasteiger partial charge on any atom is -0.465 e. The second-order valence-corrected chi connectivity index (χ2v) is 5.63. The fourth-order valence-electron chi connectivity index (χ4n) is 1.62. The van der Waals surface area contributed by atoms with E-state index in [-0.39, 0.29) is 5.97 Å². The van der Waals surface area contributed by atoms with Gasteiger partial charge in [-0.3, -0.25) is 4.79 Å². The number of hydrogen-bond acceptors (Lipinski definition) is 4. The predicted molar refractivity (Wildman–Crippen MR) is 80.5 cm³/mol.